The third-order valence-corrected chi connectivity index (χ3v) is 4.94. The lowest BCUT2D eigenvalue weighted by atomic mass is 9.54. The normalized spacial score (nSPS) is 28.4. The fraction of sp³-hybridized carbons (Fsp3) is 1.00. The molecule has 2 atom stereocenters. The van der Waals surface area contributed by atoms with Crippen LogP contribution < -0.4 is 0 Å². The van der Waals surface area contributed by atoms with Crippen LogP contribution in [0.1, 0.15) is 91.9 Å². The topological polar surface area (TPSA) is 0 Å². The largest absolute Gasteiger partial charge is 0.0654 e. The first-order chi connectivity index (χ1) is 8.14. The fourth-order valence-electron chi connectivity index (χ4n) is 3.99. The summed E-state index contributed by atoms with van der Waals surface area (Å²) in [6.45, 7) is 9.52. The molecule has 17 heavy (non-hydrogen) atoms. The Morgan fingerprint density at radius 1 is 1.06 bits per heavy atom. The summed E-state index contributed by atoms with van der Waals surface area (Å²) in [6, 6.07) is 0. The molecule has 102 valence electrons. The van der Waals surface area contributed by atoms with Crippen LogP contribution in [0.2, 0.25) is 0 Å². The molecule has 0 N–H and O–H groups in total. The van der Waals surface area contributed by atoms with E-state index in [9.17, 15) is 0 Å². The average Bonchev–Trinajstić information content (AvgIpc) is 2.26. The van der Waals surface area contributed by atoms with E-state index >= 15 is 0 Å². The second-order valence-electron chi connectivity index (χ2n) is 6.77. The Balaban J connectivity index is 2.32. The maximum atomic E-state index is 2.41. The Morgan fingerprint density at radius 2 is 1.76 bits per heavy atom. The summed E-state index contributed by atoms with van der Waals surface area (Å²) in [4.78, 5) is 0. The zero-order valence-corrected chi connectivity index (χ0v) is 12.7. The summed E-state index contributed by atoms with van der Waals surface area (Å²) in [5.74, 6) is 1.94. The van der Waals surface area contributed by atoms with Crippen LogP contribution in [0.4, 0.5) is 0 Å². The quantitative estimate of drug-likeness (QED) is 0.419. The maximum absolute atomic E-state index is 2.41. The van der Waals surface area contributed by atoms with Gasteiger partial charge in [-0.3, -0.25) is 0 Å². The molecule has 0 aliphatic heterocycles. The van der Waals surface area contributed by atoms with Crippen molar-refractivity contribution in [2.45, 2.75) is 91.9 Å². The van der Waals surface area contributed by atoms with E-state index in [4.69, 9.17) is 0 Å². The lowest BCUT2D eigenvalue weighted by Crippen LogP contribution is -2.41. The molecule has 1 aliphatic carbocycles. The molecule has 1 aliphatic rings. The second-order valence-corrected chi connectivity index (χ2v) is 6.77. The van der Waals surface area contributed by atoms with Crippen molar-refractivity contribution >= 4 is 0 Å². The number of hydrogen-bond donors (Lipinski definition) is 0. The molecule has 0 spiro atoms. The first-order valence-electron chi connectivity index (χ1n) is 8.14. The molecule has 0 amide bonds. The molecule has 0 nitrogen and oxygen atoms in total. The lowest BCUT2D eigenvalue weighted by molar-refractivity contribution is -0.00629. The molecule has 1 saturated carbocycles. The average molecular weight is 238 g/mol. The first kappa shape index (κ1) is 15.1. The standard InChI is InChI=1S/C17H34/c1-5-7-8-9-10-12-17(14-15(3)4)13-11-16(17)6-2/h15-16H,5-14H2,1-4H3. The van der Waals surface area contributed by atoms with Crippen LogP contribution in [0, 0.1) is 17.3 Å². The molecule has 2 unspecified atom stereocenters. The zero-order chi connectivity index (χ0) is 12.7. The van der Waals surface area contributed by atoms with Gasteiger partial charge in [-0.05, 0) is 42.9 Å². The first-order valence-corrected chi connectivity index (χ1v) is 8.14. The highest BCUT2D eigenvalue weighted by molar-refractivity contribution is 4.95. The second kappa shape index (κ2) is 7.44. The molecular formula is C17H34. The predicted molar refractivity (Wildman–Crippen MR) is 78.3 cm³/mol. The summed E-state index contributed by atoms with van der Waals surface area (Å²) in [5.41, 5.74) is 0.759. The Bertz CT molecular complexity index is 192. The summed E-state index contributed by atoms with van der Waals surface area (Å²) in [7, 11) is 0. The van der Waals surface area contributed by atoms with E-state index in [1.807, 2.05) is 0 Å². The van der Waals surface area contributed by atoms with Gasteiger partial charge in [0.2, 0.25) is 0 Å². The smallest absolute Gasteiger partial charge is 0.0267 e. The van der Waals surface area contributed by atoms with Gasteiger partial charge in [-0.25, -0.2) is 0 Å². The lowest BCUT2D eigenvalue weighted by Gasteiger charge is -2.51. The molecule has 0 aromatic rings. The molecular weight excluding hydrogens is 204 g/mol. The van der Waals surface area contributed by atoms with E-state index in [0.29, 0.717) is 0 Å². The van der Waals surface area contributed by atoms with Gasteiger partial charge in [0.15, 0.2) is 0 Å². The highest BCUT2D eigenvalue weighted by Gasteiger charge is 2.44. The highest BCUT2D eigenvalue weighted by atomic mass is 14.5. The Hall–Kier alpha value is 0. The minimum Gasteiger partial charge on any atom is -0.0654 e. The van der Waals surface area contributed by atoms with Crippen LogP contribution in [0.5, 0.6) is 0 Å². The predicted octanol–water partition coefficient (Wildman–Crippen LogP) is 6.20. The van der Waals surface area contributed by atoms with Crippen molar-refractivity contribution < 1.29 is 0 Å². The van der Waals surface area contributed by atoms with Gasteiger partial charge in [-0.15, -0.1) is 0 Å². The molecule has 0 heteroatoms. The van der Waals surface area contributed by atoms with E-state index < -0.39 is 0 Å². The third-order valence-electron chi connectivity index (χ3n) is 4.94. The van der Waals surface area contributed by atoms with Gasteiger partial charge in [-0.1, -0.05) is 66.2 Å². The highest BCUT2D eigenvalue weighted by Crippen LogP contribution is 2.55. The molecule has 1 rings (SSSR count). The molecule has 0 bridgehead atoms. The van der Waals surface area contributed by atoms with Gasteiger partial charge in [0.05, 0.1) is 0 Å². The van der Waals surface area contributed by atoms with E-state index in [2.05, 4.69) is 27.7 Å². The van der Waals surface area contributed by atoms with Crippen molar-refractivity contribution in [1.29, 1.82) is 0 Å². The zero-order valence-electron chi connectivity index (χ0n) is 12.7. The summed E-state index contributed by atoms with van der Waals surface area (Å²) >= 11 is 0. The van der Waals surface area contributed by atoms with Crippen LogP contribution in [-0.4, -0.2) is 0 Å². The van der Waals surface area contributed by atoms with E-state index in [1.54, 1.807) is 0 Å². The summed E-state index contributed by atoms with van der Waals surface area (Å²) in [5, 5.41) is 0. The van der Waals surface area contributed by atoms with Crippen LogP contribution >= 0.6 is 0 Å². The molecule has 1 fully saturated rings. The van der Waals surface area contributed by atoms with Crippen molar-refractivity contribution in [2.75, 3.05) is 0 Å². The number of unbranched alkanes of at least 4 members (excludes halogenated alkanes) is 4. The Labute approximate surface area is 110 Å². The van der Waals surface area contributed by atoms with Crippen LogP contribution in [-0.2, 0) is 0 Å². The van der Waals surface area contributed by atoms with Crippen LogP contribution in [0.25, 0.3) is 0 Å². The van der Waals surface area contributed by atoms with E-state index in [-0.39, 0.29) is 0 Å². The maximum Gasteiger partial charge on any atom is -0.0267 e. The SMILES string of the molecule is CCCCCCCC1(CC(C)C)CCC1CC. The number of rotatable bonds is 9. The molecule has 0 heterocycles. The van der Waals surface area contributed by atoms with Gasteiger partial charge >= 0.3 is 0 Å². The Morgan fingerprint density at radius 3 is 2.24 bits per heavy atom. The van der Waals surface area contributed by atoms with Crippen molar-refractivity contribution in [3.05, 3.63) is 0 Å². The molecule has 0 aromatic carbocycles. The number of hydrogen-bond acceptors (Lipinski definition) is 0. The van der Waals surface area contributed by atoms with Crippen LogP contribution in [0.15, 0.2) is 0 Å². The van der Waals surface area contributed by atoms with Gasteiger partial charge < -0.3 is 0 Å². The van der Waals surface area contributed by atoms with Crippen molar-refractivity contribution in [2.24, 2.45) is 17.3 Å². The monoisotopic (exact) mass is 238 g/mol. The van der Waals surface area contributed by atoms with Gasteiger partial charge in [0, 0.05) is 0 Å². The van der Waals surface area contributed by atoms with Crippen molar-refractivity contribution in [3.8, 4) is 0 Å². The fourth-order valence-corrected chi connectivity index (χ4v) is 3.99. The molecule has 0 saturated heterocycles. The third kappa shape index (κ3) is 4.30. The van der Waals surface area contributed by atoms with Crippen molar-refractivity contribution in [1.82, 2.24) is 0 Å². The van der Waals surface area contributed by atoms with Gasteiger partial charge in [-0.2, -0.15) is 0 Å². The van der Waals surface area contributed by atoms with Gasteiger partial charge in [0.1, 0.15) is 0 Å². The molecule has 0 aromatic heterocycles. The Kier molecular flexibility index (Phi) is 6.59. The van der Waals surface area contributed by atoms with Crippen LogP contribution in [0.3, 0.4) is 0 Å². The van der Waals surface area contributed by atoms with E-state index in [0.717, 1.165) is 17.3 Å². The minimum absolute atomic E-state index is 0.759. The molecule has 0 radical (unpaired) electrons. The van der Waals surface area contributed by atoms with Gasteiger partial charge in [0.25, 0.3) is 0 Å². The van der Waals surface area contributed by atoms with Crippen molar-refractivity contribution in [3.63, 3.8) is 0 Å². The van der Waals surface area contributed by atoms with E-state index in [1.165, 1.54) is 64.2 Å². The minimum atomic E-state index is 0.759. The summed E-state index contributed by atoms with van der Waals surface area (Å²) in [6.07, 6.45) is 14.7. The summed E-state index contributed by atoms with van der Waals surface area (Å²) < 4.78 is 0.